The summed E-state index contributed by atoms with van der Waals surface area (Å²) in [5.41, 5.74) is 1.48. The number of hydrogen-bond donors (Lipinski definition) is 0. The highest BCUT2D eigenvalue weighted by molar-refractivity contribution is 5.66. The van der Waals surface area contributed by atoms with Gasteiger partial charge in [-0.05, 0) is 30.2 Å². The molecule has 0 saturated carbocycles. The Kier molecular flexibility index (Phi) is 3.42. The van der Waals surface area contributed by atoms with E-state index in [1.165, 1.54) is 30.5 Å². The fourth-order valence-corrected chi connectivity index (χ4v) is 1.63. The molecular weight excluding hydrogens is 262 g/mol. The maximum absolute atomic E-state index is 13.3. The van der Waals surface area contributed by atoms with Crippen molar-refractivity contribution in [3.8, 4) is 16.9 Å². The van der Waals surface area contributed by atoms with Crippen molar-refractivity contribution in [2.24, 2.45) is 0 Å². The summed E-state index contributed by atoms with van der Waals surface area (Å²) in [6, 6.07) is 5.19. The number of halogens is 4. The summed E-state index contributed by atoms with van der Waals surface area (Å²) in [6.45, 7) is 1.58. The van der Waals surface area contributed by atoms with Crippen molar-refractivity contribution in [3.63, 3.8) is 0 Å². The fourth-order valence-electron chi connectivity index (χ4n) is 1.63. The lowest BCUT2D eigenvalue weighted by Crippen LogP contribution is -2.16. The minimum Gasteiger partial charge on any atom is -0.406 e. The van der Waals surface area contributed by atoms with Crippen LogP contribution >= 0.6 is 0 Å². The van der Waals surface area contributed by atoms with Gasteiger partial charge in [0.1, 0.15) is 11.6 Å². The Morgan fingerprint density at radius 1 is 1.05 bits per heavy atom. The third kappa shape index (κ3) is 3.21. The molecule has 100 valence electrons. The normalized spacial score (nSPS) is 11.4. The van der Waals surface area contributed by atoms with Crippen LogP contribution in [0.15, 0.2) is 36.7 Å². The zero-order chi connectivity index (χ0) is 14.0. The number of nitrogens with zero attached hydrogens (tertiary/aromatic N) is 1. The predicted octanol–water partition coefficient (Wildman–Crippen LogP) is 4.09. The molecular formula is C13H9F4NO. The van der Waals surface area contributed by atoms with E-state index in [9.17, 15) is 17.6 Å². The van der Waals surface area contributed by atoms with E-state index in [0.717, 1.165) is 6.20 Å². The van der Waals surface area contributed by atoms with E-state index in [2.05, 4.69) is 9.72 Å². The van der Waals surface area contributed by atoms with Gasteiger partial charge < -0.3 is 4.74 Å². The molecule has 2 rings (SSSR count). The minimum absolute atomic E-state index is 0.321. The van der Waals surface area contributed by atoms with Gasteiger partial charge in [0.2, 0.25) is 0 Å². The van der Waals surface area contributed by atoms with E-state index >= 15 is 0 Å². The lowest BCUT2D eigenvalue weighted by Gasteiger charge is -2.10. The van der Waals surface area contributed by atoms with Gasteiger partial charge in [-0.3, -0.25) is 4.98 Å². The minimum atomic E-state index is -4.72. The second-order valence-corrected chi connectivity index (χ2v) is 3.87. The Morgan fingerprint density at radius 3 is 2.26 bits per heavy atom. The topological polar surface area (TPSA) is 22.1 Å². The van der Waals surface area contributed by atoms with Crippen molar-refractivity contribution in [3.05, 3.63) is 48.0 Å². The van der Waals surface area contributed by atoms with Crippen LogP contribution < -0.4 is 4.74 Å². The molecule has 0 spiro atoms. The van der Waals surface area contributed by atoms with Gasteiger partial charge in [0, 0.05) is 11.8 Å². The first-order valence-corrected chi connectivity index (χ1v) is 5.33. The third-order valence-electron chi connectivity index (χ3n) is 2.55. The SMILES string of the molecule is Cc1c(F)cncc1-c1ccc(OC(F)(F)F)cc1. The van der Waals surface area contributed by atoms with E-state index < -0.39 is 12.2 Å². The molecule has 19 heavy (non-hydrogen) atoms. The van der Waals surface area contributed by atoms with E-state index in [1.54, 1.807) is 6.92 Å². The molecule has 2 nitrogen and oxygen atoms in total. The number of alkyl halides is 3. The summed E-state index contributed by atoms with van der Waals surface area (Å²) in [5, 5.41) is 0. The zero-order valence-electron chi connectivity index (χ0n) is 9.83. The Balaban J connectivity index is 2.30. The van der Waals surface area contributed by atoms with Crippen LogP contribution in [-0.2, 0) is 0 Å². The molecule has 1 aromatic heterocycles. The average Bonchev–Trinajstić information content (AvgIpc) is 2.32. The number of pyridine rings is 1. The van der Waals surface area contributed by atoms with E-state index in [0.29, 0.717) is 16.7 Å². The van der Waals surface area contributed by atoms with Gasteiger partial charge in [0.25, 0.3) is 0 Å². The number of benzene rings is 1. The average molecular weight is 271 g/mol. The Bertz CT molecular complexity index is 578. The second kappa shape index (κ2) is 4.87. The van der Waals surface area contributed by atoms with Crippen LogP contribution in [0.2, 0.25) is 0 Å². The maximum Gasteiger partial charge on any atom is 0.573 e. The quantitative estimate of drug-likeness (QED) is 0.767. The van der Waals surface area contributed by atoms with Crippen molar-refractivity contribution in [2.75, 3.05) is 0 Å². The number of ether oxygens (including phenoxy) is 1. The van der Waals surface area contributed by atoms with Gasteiger partial charge in [-0.1, -0.05) is 12.1 Å². The van der Waals surface area contributed by atoms with Crippen LogP contribution in [0.4, 0.5) is 17.6 Å². The third-order valence-corrected chi connectivity index (χ3v) is 2.55. The predicted molar refractivity (Wildman–Crippen MR) is 61.1 cm³/mol. The molecule has 1 aromatic carbocycles. The molecule has 0 radical (unpaired) electrons. The van der Waals surface area contributed by atoms with E-state index in [-0.39, 0.29) is 5.75 Å². The maximum atomic E-state index is 13.3. The number of hydrogen-bond acceptors (Lipinski definition) is 2. The van der Waals surface area contributed by atoms with Gasteiger partial charge in [0.15, 0.2) is 0 Å². The molecule has 0 bridgehead atoms. The van der Waals surface area contributed by atoms with Crippen LogP contribution in [0.3, 0.4) is 0 Å². The van der Waals surface area contributed by atoms with Gasteiger partial charge in [-0.2, -0.15) is 0 Å². The molecule has 0 atom stereocenters. The molecule has 6 heteroatoms. The van der Waals surface area contributed by atoms with Crippen LogP contribution in [0.5, 0.6) is 5.75 Å². The molecule has 0 aliphatic carbocycles. The molecule has 0 N–H and O–H groups in total. The smallest absolute Gasteiger partial charge is 0.406 e. The largest absolute Gasteiger partial charge is 0.573 e. The van der Waals surface area contributed by atoms with E-state index in [1.807, 2.05) is 0 Å². The number of rotatable bonds is 2. The van der Waals surface area contributed by atoms with Gasteiger partial charge >= 0.3 is 6.36 Å². The molecule has 0 aliphatic rings. The van der Waals surface area contributed by atoms with Crippen LogP contribution in [0.25, 0.3) is 11.1 Å². The first-order chi connectivity index (χ1) is 8.87. The highest BCUT2D eigenvalue weighted by atomic mass is 19.4. The highest BCUT2D eigenvalue weighted by Gasteiger charge is 2.30. The molecule has 1 heterocycles. The first kappa shape index (κ1) is 13.3. The Labute approximate surface area is 106 Å². The fraction of sp³-hybridized carbons (Fsp3) is 0.154. The van der Waals surface area contributed by atoms with Crippen molar-refractivity contribution in [1.82, 2.24) is 4.98 Å². The monoisotopic (exact) mass is 271 g/mol. The molecule has 2 aromatic rings. The standard InChI is InChI=1S/C13H9F4NO/c1-8-11(6-18-7-12(8)14)9-2-4-10(5-3-9)19-13(15,16)17/h2-7H,1H3. The summed E-state index contributed by atoms with van der Waals surface area (Å²) in [4.78, 5) is 3.72. The van der Waals surface area contributed by atoms with Crippen molar-refractivity contribution < 1.29 is 22.3 Å². The molecule has 0 fully saturated rings. The Hall–Kier alpha value is -2.11. The summed E-state index contributed by atoms with van der Waals surface area (Å²) < 4.78 is 53.1. The summed E-state index contributed by atoms with van der Waals surface area (Å²) in [6.07, 6.45) is -2.18. The Morgan fingerprint density at radius 2 is 1.68 bits per heavy atom. The summed E-state index contributed by atoms with van der Waals surface area (Å²) in [5.74, 6) is -0.786. The molecule has 0 aliphatic heterocycles. The summed E-state index contributed by atoms with van der Waals surface area (Å²) in [7, 11) is 0. The van der Waals surface area contributed by atoms with Crippen molar-refractivity contribution >= 4 is 0 Å². The molecule has 0 amide bonds. The second-order valence-electron chi connectivity index (χ2n) is 3.87. The van der Waals surface area contributed by atoms with Gasteiger partial charge in [0.05, 0.1) is 6.20 Å². The lowest BCUT2D eigenvalue weighted by atomic mass is 10.0. The van der Waals surface area contributed by atoms with Crippen molar-refractivity contribution in [1.29, 1.82) is 0 Å². The first-order valence-electron chi connectivity index (χ1n) is 5.33. The van der Waals surface area contributed by atoms with Crippen LogP contribution in [-0.4, -0.2) is 11.3 Å². The van der Waals surface area contributed by atoms with Gasteiger partial charge in [-0.25, -0.2) is 4.39 Å². The lowest BCUT2D eigenvalue weighted by molar-refractivity contribution is -0.274. The zero-order valence-corrected chi connectivity index (χ0v) is 9.83. The molecule has 0 unspecified atom stereocenters. The van der Waals surface area contributed by atoms with E-state index in [4.69, 9.17) is 0 Å². The summed E-state index contributed by atoms with van der Waals surface area (Å²) >= 11 is 0. The van der Waals surface area contributed by atoms with Crippen LogP contribution in [0, 0.1) is 12.7 Å². The number of aromatic nitrogens is 1. The molecule has 0 saturated heterocycles. The van der Waals surface area contributed by atoms with Crippen molar-refractivity contribution in [2.45, 2.75) is 13.3 Å². The van der Waals surface area contributed by atoms with Crippen LogP contribution in [0.1, 0.15) is 5.56 Å². The van der Waals surface area contributed by atoms with Gasteiger partial charge in [-0.15, -0.1) is 13.2 Å². The highest BCUT2D eigenvalue weighted by Crippen LogP contribution is 2.28.